The normalized spacial score (nSPS) is 10.8. The van der Waals surface area contributed by atoms with Crippen molar-refractivity contribution in [3.05, 3.63) is 99.0 Å². The number of aromatic nitrogens is 2. The lowest BCUT2D eigenvalue weighted by Crippen LogP contribution is -2.11. The van der Waals surface area contributed by atoms with Gasteiger partial charge in [0.1, 0.15) is 11.6 Å². The van der Waals surface area contributed by atoms with Crippen LogP contribution in [-0.2, 0) is 9.47 Å². The number of ether oxygens (including phenoxy) is 2. The van der Waals surface area contributed by atoms with Crippen LogP contribution in [0.2, 0.25) is 0 Å². The molecule has 12 heteroatoms. The Morgan fingerprint density at radius 1 is 0.727 bits per heavy atom. The highest BCUT2D eigenvalue weighted by Crippen LogP contribution is 2.39. The van der Waals surface area contributed by atoms with Crippen LogP contribution in [0.15, 0.2) is 53.3 Å². The van der Waals surface area contributed by atoms with Gasteiger partial charge in [-0.05, 0) is 68.7 Å². The minimum atomic E-state index is -0.810. The monoisotopic (exact) mass is 675 g/mol. The minimum Gasteiger partial charge on any atom is -0.465 e. The molecule has 4 rings (SSSR count). The third kappa shape index (κ3) is 7.24. The van der Waals surface area contributed by atoms with Crippen molar-refractivity contribution in [3.63, 3.8) is 0 Å². The SMILES string of the molecule is COC(=O)c1cc(-c2ccnc(F)c2)c(Br)c(C(C)C)c1F.COC(=O)c1cc(-c2ccnc(F)c2)c(N)c(C(C)C)c1F. The molecule has 0 bridgehead atoms. The molecule has 0 aliphatic carbocycles. The molecule has 44 heavy (non-hydrogen) atoms. The summed E-state index contributed by atoms with van der Waals surface area (Å²) in [5.41, 5.74) is 8.13. The lowest BCUT2D eigenvalue weighted by Gasteiger charge is -2.17. The summed E-state index contributed by atoms with van der Waals surface area (Å²) < 4.78 is 65.5. The van der Waals surface area contributed by atoms with E-state index in [9.17, 15) is 27.2 Å². The van der Waals surface area contributed by atoms with Crippen LogP contribution in [0.4, 0.5) is 23.2 Å². The molecular formula is C32H30BrF4N3O4. The summed E-state index contributed by atoms with van der Waals surface area (Å²) in [6.45, 7) is 7.13. The molecule has 232 valence electrons. The number of carbonyl (C=O) groups is 2. The van der Waals surface area contributed by atoms with Crippen LogP contribution in [-0.4, -0.2) is 36.1 Å². The number of nitrogen functional groups attached to an aromatic ring is 1. The molecule has 2 aromatic carbocycles. The minimum absolute atomic E-state index is 0.172. The largest absolute Gasteiger partial charge is 0.465 e. The van der Waals surface area contributed by atoms with Gasteiger partial charge in [0.2, 0.25) is 11.9 Å². The van der Waals surface area contributed by atoms with Crippen molar-refractivity contribution in [2.24, 2.45) is 0 Å². The molecule has 0 radical (unpaired) electrons. The summed E-state index contributed by atoms with van der Waals surface area (Å²) in [6, 6.07) is 8.16. The van der Waals surface area contributed by atoms with E-state index in [-0.39, 0.29) is 34.2 Å². The number of benzene rings is 2. The fraction of sp³-hybridized carbons (Fsp3) is 0.250. The van der Waals surface area contributed by atoms with Crippen molar-refractivity contribution >= 4 is 33.6 Å². The summed E-state index contributed by atoms with van der Waals surface area (Å²) in [4.78, 5) is 30.6. The summed E-state index contributed by atoms with van der Waals surface area (Å²) in [7, 11) is 2.35. The van der Waals surface area contributed by atoms with Crippen molar-refractivity contribution in [1.29, 1.82) is 0 Å². The zero-order valence-corrected chi connectivity index (χ0v) is 26.4. The van der Waals surface area contributed by atoms with Gasteiger partial charge in [-0.1, -0.05) is 27.7 Å². The average Bonchev–Trinajstić information content (AvgIpc) is 2.96. The van der Waals surface area contributed by atoms with E-state index in [2.05, 4.69) is 35.4 Å². The maximum Gasteiger partial charge on any atom is 0.340 e. The number of esters is 2. The van der Waals surface area contributed by atoms with E-state index < -0.39 is 35.5 Å². The smallest absolute Gasteiger partial charge is 0.340 e. The van der Waals surface area contributed by atoms with Crippen LogP contribution in [0.3, 0.4) is 0 Å². The summed E-state index contributed by atoms with van der Waals surface area (Å²) in [5, 5.41) is 0. The first kappa shape index (κ1) is 34.2. The van der Waals surface area contributed by atoms with Crippen molar-refractivity contribution in [1.82, 2.24) is 9.97 Å². The van der Waals surface area contributed by atoms with Crippen molar-refractivity contribution < 1.29 is 36.6 Å². The molecule has 0 saturated heterocycles. The predicted octanol–water partition coefficient (Wildman–Crippen LogP) is 8.22. The Labute approximate surface area is 260 Å². The first-order chi connectivity index (χ1) is 20.7. The number of nitrogens with two attached hydrogens (primary N) is 1. The fourth-order valence-electron chi connectivity index (χ4n) is 4.53. The molecule has 0 amide bonds. The van der Waals surface area contributed by atoms with E-state index in [1.807, 2.05) is 0 Å². The van der Waals surface area contributed by atoms with Gasteiger partial charge in [0.05, 0.1) is 25.3 Å². The molecule has 2 aromatic heterocycles. The molecule has 0 aliphatic heterocycles. The molecular weight excluding hydrogens is 646 g/mol. The van der Waals surface area contributed by atoms with E-state index >= 15 is 0 Å². The molecule has 7 nitrogen and oxygen atoms in total. The Kier molecular flexibility index (Phi) is 11.2. The number of pyridine rings is 2. The zero-order valence-electron chi connectivity index (χ0n) is 24.8. The number of rotatable bonds is 6. The van der Waals surface area contributed by atoms with E-state index in [4.69, 9.17) is 5.73 Å². The van der Waals surface area contributed by atoms with E-state index in [0.717, 1.165) is 0 Å². The molecule has 0 atom stereocenters. The van der Waals surface area contributed by atoms with Gasteiger partial charge in [0, 0.05) is 51.4 Å². The summed E-state index contributed by atoms with van der Waals surface area (Å²) >= 11 is 3.36. The van der Waals surface area contributed by atoms with E-state index in [0.29, 0.717) is 32.3 Å². The van der Waals surface area contributed by atoms with Crippen LogP contribution >= 0.6 is 15.9 Å². The highest BCUT2D eigenvalue weighted by atomic mass is 79.9. The number of nitrogens with zero attached hydrogens (tertiary/aromatic N) is 2. The van der Waals surface area contributed by atoms with Crippen LogP contribution < -0.4 is 5.73 Å². The van der Waals surface area contributed by atoms with Gasteiger partial charge in [0.25, 0.3) is 0 Å². The maximum atomic E-state index is 14.6. The summed E-state index contributed by atoms with van der Waals surface area (Å²) in [6.07, 6.45) is 2.59. The van der Waals surface area contributed by atoms with E-state index in [1.165, 1.54) is 56.9 Å². The highest BCUT2D eigenvalue weighted by molar-refractivity contribution is 9.10. The van der Waals surface area contributed by atoms with Gasteiger partial charge in [-0.25, -0.2) is 28.3 Å². The van der Waals surface area contributed by atoms with Gasteiger partial charge in [-0.2, -0.15) is 8.78 Å². The third-order valence-corrected chi connectivity index (χ3v) is 7.47. The molecule has 4 aromatic rings. The number of halogens is 5. The number of carbonyl (C=O) groups excluding carboxylic acids is 2. The zero-order chi connectivity index (χ0) is 32.9. The molecule has 0 spiro atoms. The van der Waals surface area contributed by atoms with Crippen LogP contribution in [0, 0.1) is 23.5 Å². The second-order valence-electron chi connectivity index (χ2n) is 10.2. The standard InChI is InChI=1S/C16H14BrF2NO2.C16H16F2N2O2/c1-8(2)13-14(17)10(9-4-5-20-12(18)6-9)7-11(15(13)19)16(21)22-3;1-8(2)13-14(18)11(16(21)22-3)7-10(15(13)19)9-4-5-20-12(17)6-9/h4-8H,1-3H3;4-8H,19H2,1-3H3. The average molecular weight is 677 g/mol. The summed E-state index contributed by atoms with van der Waals surface area (Å²) in [5.74, 6) is -4.70. The molecule has 0 aliphatic rings. The number of anilines is 1. The topological polar surface area (TPSA) is 104 Å². The quantitative estimate of drug-likeness (QED) is 0.0950. The molecule has 0 saturated carbocycles. The lowest BCUT2D eigenvalue weighted by molar-refractivity contribution is 0.0586. The highest BCUT2D eigenvalue weighted by Gasteiger charge is 2.25. The van der Waals surface area contributed by atoms with Crippen LogP contribution in [0.1, 0.15) is 71.4 Å². The predicted molar refractivity (Wildman–Crippen MR) is 162 cm³/mol. The lowest BCUT2D eigenvalue weighted by atomic mass is 9.91. The fourth-order valence-corrected chi connectivity index (χ4v) is 5.50. The maximum absolute atomic E-state index is 14.6. The van der Waals surface area contributed by atoms with Crippen molar-refractivity contribution in [3.8, 4) is 22.3 Å². The molecule has 2 heterocycles. The Morgan fingerprint density at radius 2 is 1.14 bits per heavy atom. The molecule has 0 fully saturated rings. The second-order valence-corrected chi connectivity index (χ2v) is 10.9. The molecule has 2 N–H and O–H groups in total. The Bertz CT molecular complexity index is 1590. The Morgan fingerprint density at radius 3 is 1.55 bits per heavy atom. The van der Waals surface area contributed by atoms with Crippen LogP contribution in [0.25, 0.3) is 22.3 Å². The first-order valence-corrected chi connectivity index (χ1v) is 14.1. The number of methoxy groups -OCH3 is 2. The van der Waals surface area contributed by atoms with Crippen molar-refractivity contribution in [2.45, 2.75) is 39.5 Å². The van der Waals surface area contributed by atoms with Gasteiger partial charge in [0.15, 0.2) is 0 Å². The van der Waals surface area contributed by atoms with Gasteiger partial charge in [-0.15, -0.1) is 0 Å². The number of hydrogen-bond acceptors (Lipinski definition) is 7. The number of hydrogen-bond donors (Lipinski definition) is 1. The second kappa shape index (κ2) is 14.4. The first-order valence-electron chi connectivity index (χ1n) is 13.3. The van der Waals surface area contributed by atoms with Crippen LogP contribution in [0.5, 0.6) is 0 Å². The van der Waals surface area contributed by atoms with E-state index in [1.54, 1.807) is 33.8 Å². The van der Waals surface area contributed by atoms with Gasteiger partial charge >= 0.3 is 11.9 Å². The Hall–Kier alpha value is -4.32. The van der Waals surface area contributed by atoms with Gasteiger partial charge < -0.3 is 15.2 Å². The van der Waals surface area contributed by atoms with Gasteiger partial charge in [-0.3, -0.25) is 0 Å². The Balaban J connectivity index is 0.000000240. The third-order valence-electron chi connectivity index (χ3n) is 6.62. The van der Waals surface area contributed by atoms with Crippen molar-refractivity contribution in [2.75, 3.05) is 20.0 Å². The molecule has 0 unspecified atom stereocenters.